The van der Waals surface area contributed by atoms with Gasteiger partial charge >= 0.3 is 5.97 Å². The molecule has 2 N–H and O–H groups in total. The Hall–Kier alpha value is -1.78. The highest BCUT2D eigenvalue weighted by Crippen LogP contribution is 2.35. The lowest BCUT2D eigenvalue weighted by molar-refractivity contribution is -0.283. The molecule has 5 heteroatoms. The zero-order valence-electron chi connectivity index (χ0n) is 14.2. The molecule has 0 spiro atoms. The molecule has 2 atom stereocenters. The van der Waals surface area contributed by atoms with Crippen LogP contribution >= 0.6 is 0 Å². The van der Waals surface area contributed by atoms with E-state index >= 15 is 0 Å². The van der Waals surface area contributed by atoms with Gasteiger partial charge in [0, 0.05) is 18.4 Å². The summed E-state index contributed by atoms with van der Waals surface area (Å²) in [5, 5.41) is 18.3. The predicted molar refractivity (Wildman–Crippen MR) is 90.1 cm³/mol. The van der Waals surface area contributed by atoms with Crippen LogP contribution in [0.15, 0.2) is 41.5 Å². The van der Waals surface area contributed by atoms with E-state index in [1.54, 1.807) is 6.08 Å². The lowest BCUT2D eigenvalue weighted by atomic mass is 9.87. The van der Waals surface area contributed by atoms with Crippen LogP contribution in [0.5, 0.6) is 0 Å². The minimum atomic E-state index is -0.795. The van der Waals surface area contributed by atoms with Crippen LogP contribution in [0.1, 0.15) is 33.1 Å². The van der Waals surface area contributed by atoms with Crippen molar-refractivity contribution in [1.29, 1.82) is 0 Å². The fraction of sp³-hybridized carbons (Fsp3) is 0.526. The number of aliphatic hydroxyl groups excluding tert-OH is 1. The van der Waals surface area contributed by atoms with E-state index in [2.05, 4.69) is 6.08 Å². The molecule has 2 rings (SSSR count). The smallest absolute Gasteiger partial charge is 0.303 e. The van der Waals surface area contributed by atoms with Crippen molar-refractivity contribution in [1.82, 2.24) is 0 Å². The Kier molecular flexibility index (Phi) is 6.46. The fourth-order valence-electron chi connectivity index (χ4n) is 2.82. The summed E-state index contributed by atoms with van der Waals surface area (Å²) in [6, 6.07) is 0. The maximum absolute atomic E-state index is 10.5. The monoisotopic (exact) mass is 333 g/mol. The second-order valence-electron chi connectivity index (χ2n) is 6.43. The Morgan fingerprint density at radius 1 is 1.46 bits per heavy atom. The first-order valence-electron chi connectivity index (χ1n) is 8.21. The molecule has 1 aliphatic heterocycles. The van der Waals surface area contributed by atoms with Crippen LogP contribution in [0.4, 0.5) is 0 Å². The zero-order chi connectivity index (χ0) is 17.6. The molecule has 0 amide bonds. The summed E-state index contributed by atoms with van der Waals surface area (Å²) in [5.41, 5.74) is 1.76. The molecular weight excluding hydrogens is 308 g/mol. The third kappa shape index (κ3) is 5.11. The molecule has 5 nitrogen and oxygen atoms in total. The van der Waals surface area contributed by atoms with Crippen molar-refractivity contribution in [3.63, 3.8) is 0 Å². The number of hydrogen-bond donors (Lipinski definition) is 2. The third-order valence-electron chi connectivity index (χ3n) is 4.08. The van der Waals surface area contributed by atoms with Crippen molar-refractivity contribution in [2.45, 2.75) is 45.0 Å². The van der Waals surface area contributed by atoms with Gasteiger partial charge in [-0.25, -0.2) is 0 Å². The van der Waals surface area contributed by atoms with Gasteiger partial charge in [-0.3, -0.25) is 4.79 Å². The second-order valence-corrected chi connectivity index (χ2v) is 6.43. The maximum atomic E-state index is 10.5. The largest absolute Gasteiger partial charge is 0.481 e. The van der Waals surface area contributed by atoms with Crippen LogP contribution in [0.2, 0.25) is 0 Å². The maximum Gasteiger partial charge on any atom is 0.303 e. The molecule has 0 bridgehead atoms. The first kappa shape index (κ1) is 18.6. The summed E-state index contributed by atoms with van der Waals surface area (Å²) in [7, 11) is 0. The van der Waals surface area contributed by atoms with E-state index < -0.39 is 11.8 Å². The number of allylic oxidation sites excluding steroid dienone is 4. The Morgan fingerprint density at radius 2 is 2.25 bits per heavy atom. The van der Waals surface area contributed by atoms with E-state index in [4.69, 9.17) is 14.6 Å². The average Bonchev–Trinajstić information content (AvgIpc) is 2.55. The Morgan fingerprint density at radius 3 is 2.96 bits per heavy atom. The Balaban J connectivity index is 2.10. The van der Waals surface area contributed by atoms with Gasteiger partial charge in [0.1, 0.15) is 18.3 Å². The summed E-state index contributed by atoms with van der Waals surface area (Å²) >= 11 is 0. The number of aliphatic hydroxyl groups is 1. The first-order valence-corrected chi connectivity index (χ1v) is 8.21. The summed E-state index contributed by atoms with van der Waals surface area (Å²) < 4.78 is 11.9. The van der Waals surface area contributed by atoms with Crippen molar-refractivity contribution in [3.05, 3.63) is 47.6 Å². The van der Waals surface area contributed by atoms with Gasteiger partial charge < -0.3 is 19.7 Å². The van der Waals surface area contributed by atoms with Crippen molar-refractivity contribution in [2.24, 2.45) is 5.92 Å². The van der Waals surface area contributed by atoms with E-state index in [0.29, 0.717) is 13.0 Å². The number of rotatable bonds is 7. The highest BCUT2D eigenvalue weighted by atomic mass is 16.7. The number of ether oxygens (including phenoxy) is 2. The van der Waals surface area contributed by atoms with Gasteiger partial charge in [0.25, 0.3) is 0 Å². The van der Waals surface area contributed by atoms with Gasteiger partial charge in [-0.2, -0.15) is 0 Å². The number of carboxylic acid groups (broad SMARTS) is 1. The van der Waals surface area contributed by atoms with Gasteiger partial charge in [0.15, 0.2) is 5.79 Å². The molecule has 1 aliphatic carbocycles. The van der Waals surface area contributed by atoms with Crippen LogP contribution in [-0.2, 0) is 14.3 Å². The van der Waals surface area contributed by atoms with E-state index in [0.717, 1.165) is 17.6 Å². The van der Waals surface area contributed by atoms with Crippen molar-refractivity contribution < 1.29 is 24.5 Å². The lowest BCUT2D eigenvalue weighted by Crippen LogP contribution is -2.46. The van der Waals surface area contributed by atoms with Crippen molar-refractivity contribution >= 4 is 5.97 Å². The predicted octanol–water partition coefficient (Wildman–Crippen LogP) is 2.78. The van der Waals surface area contributed by atoms with Crippen LogP contribution in [0.3, 0.4) is 0 Å². The molecule has 1 fully saturated rings. The third-order valence-corrected chi connectivity index (χ3v) is 4.08. The number of carbonyl (C=O) groups is 1. The molecule has 2 aliphatic rings. The highest BCUT2D eigenvalue weighted by molar-refractivity contribution is 5.66. The van der Waals surface area contributed by atoms with Crippen LogP contribution in [0.25, 0.3) is 0 Å². The number of aliphatic carboxylic acids is 1. The number of carboxylic acids is 1. The molecule has 0 unspecified atom stereocenters. The molecule has 0 aromatic heterocycles. The molecule has 1 saturated heterocycles. The van der Waals surface area contributed by atoms with E-state index in [1.807, 2.05) is 38.2 Å². The summed E-state index contributed by atoms with van der Waals surface area (Å²) in [6.07, 6.45) is 13.6. The quantitative estimate of drug-likeness (QED) is 0.553. The highest BCUT2D eigenvalue weighted by Gasteiger charge is 2.41. The van der Waals surface area contributed by atoms with Gasteiger partial charge in [-0.05, 0) is 26.7 Å². The minimum Gasteiger partial charge on any atom is -0.481 e. The summed E-state index contributed by atoms with van der Waals surface area (Å²) in [6.45, 7) is 4.25. The lowest BCUT2D eigenvalue weighted by Gasteiger charge is -2.40. The van der Waals surface area contributed by atoms with Gasteiger partial charge in [0.05, 0.1) is 30.4 Å². The van der Waals surface area contributed by atoms with Gasteiger partial charge in [0.2, 0.25) is 0 Å². The molecule has 1 heterocycles. The molecule has 0 aromatic carbocycles. The van der Waals surface area contributed by atoms with Gasteiger partial charge in [-0.1, -0.05) is 12.2 Å². The van der Waals surface area contributed by atoms with Crippen LogP contribution in [-0.4, -0.2) is 41.3 Å². The molecule has 0 radical (unpaired) electrons. The van der Waals surface area contributed by atoms with E-state index in [9.17, 15) is 9.90 Å². The molecule has 0 saturated carbocycles. The Bertz CT molecular complexity index is 568. The minimum absolute atomic E-state index is 0.0493. The normalized spacial score (nSPS) is 26.0. The zero-order valence-corrected chi connectivity index (χ0v) is 14.2. The SMILES string of the molecule is CC1(C)OC[C@@H](C/C=C\CCC(=O)O)[C@@H](C2=C(CO)C=C[C+]=C2)O1. The average molecular weight is 333 g/mol. The Labute approximate surface area is 143 Å². The first-order chi connectivity index (χ1) is 11.4. The molecular formula is C19H25O5+. The second kappa shape index (κ2) is 8.36. The van der Waals surface area contributed by atoms with E-state index in [-0.39, 0.29) is 25.0 Å². The van der Waals surface area contributed by atoms with Gasteiger partial charge in [-0.15, -0.1) is 0 Å². The molecule has 130 valence electrons. The fourth-order valence-corrected chi connectivity index (χ4v) is 2.82. The topological polar surface area (TPSA) is 76.0 Å². The van der Waals surface area contributed by atoms with Crippen LogP contribution in [0, 0.1) is 12.0 Å². The van der Waals surface area contributed by atoms with Crippen LogP contribution < -0.4 is 0 Å². The summed E-state index contributed by atoms with van der Waals surface area (Å²) in [4.78, 5) is 10.5. The summed E-state index contributed by atoms with van der Waals surface area (Å²) in [5.74, 6) is -1.38. The number of hydrogen-bond acceptors (Lipinski definition) is 4. The molecule has 24 heavy (non-hydrogen) atoms. The molecule has 0 aromatic rings. The van der Waals surface area contributed by atoms with Crippen molar-refractivity contribution in [3.8, 4) is 0 Å². The van der Waals surface area contributed by atoms with E-state index in [1.165, 1.54) is 0 Å². The van der Waals surface area contributed by atoms with Crippen molar-refractivity contribution in [2.75, 3.05) is 13.2 Å². The standard InChI is InChI=1S/C19H24O5/c1-19(2)23-13-15(9-4-3-5-11-17(21)22)18(24-19)16-10-7-6-8-14(16)12-20/h3-4,6,8,10,15,18,20H,5,9,11-13H2,1-2H3/p+1/b4-3-/t15-,18+/m1/s1.